The fourth-order valence-electron chi connectivity index (χ4n) is 5.74. The van der Waals surface area contributed by atoms with Crippen LogP contribution in [-0.2, 0) is 14.3 Å². The van der Waals surface area contributed by atoms with Gasteiger partial charge in [-0.05, 0) is 12.5 Å². The van der Waals surface area contributed by atoms with E-state index in [4.69, 9.17) is 16.3 Å². The van der Waals surface area contributed by atoms with Crippen molar-refractivity contribution in [2.24, 2.45) is 10.9 Å². The average molecular weight is 598 g/mol. The van der Waals surface area contributed by atoms with Crippen LogP contribution in [0.3, 0.4) is 0 Å². The first-order valence-electron chi connectivity index (χ1n) is 12.6. The van der Waals surface area contributed by atoms with Crippen LogP contribution < -0.4 is 5.32 Å². The van der Waals surface area contributed by atoms with Crippen LogP contribution in [0.25, 0.3) is 0 Å². The van der Waals surface area contributed by atoms with Crippen LogP contribution in [-0.4, -0.2) is 89.0 Å². The van der Waals surface area contributed by atoms with Gasteiger partial charge < -0.3 is 15.2 Å². The number of likely N-dealkylation sites (tertiary alicyclic amines) is 2. The van der Waals surface area contributed by atoms with Crippen molar-refractivity contribution in [3.05, 3.63) is 62.5 Å². The molecule has 214 valence electrons. The summed E-state index contributed by atoms with van der Waals surface area (Å²) in [5.74, 6) is -6.13. The Balaban J connectivity index is 1.53. The molecular formula is C26H27ClF3N5O4S. The van der Waals surface area contributed by atoms with Crippen molar-refractivity contribution in [3.63, 3.8) is 0 Å². The summed E-state index contributed by atoms with van der Waals surface area (Å²) in [4.78, 5) is 36.6. The number of nitrogens with zero attached hydrogens (tertiary/aromatic N) is 4. The zero-order valence-corrected chi connectivity index (χ0v) is 23.2. The zero-order chi connectivity index (χ0) is 28.8. The summed E-state index contributed by atoms with van der Waals surface area (Å²) < 4.78 is 50.4. The molecule has 0 spiro atoms. The van der Waals surface area contributed by atoms with E-state index in [9.17, 15) is 19.1 Å². The normalized spacial score (nSPS) is 25.4. The number of ether oxygens (including phenoxy) is 1. The summed E-state index contributed by atoms with van der Waals surface area (Å²) in [5, 5.41) is 14.4. The smallest absolute Gasteiger partial charge is 0.338 e. The summed E-state index contributed by atoms with van der Waals surface area (Å²) in [7, 11) is 1.19. The van der Waals surface area contributed by atoms with Gasteiger partial charge in [-0.1, -0.05) is 30.7 Å². The van der Waals surface area contributed by atoms with Crippen LogP contribution in [0.1, 0.15) is 30.0 Å². The summed E-state index contributed by atoms with van der Waals surface area (Å²) in [6.07, 6.45) is 1.98. The molecule has 0 saturated carbocycles. The number of benzene rings is 1. The second kappa shape index (κ2) is 11.1. The lowest BCUT2D eigenvalue weighted by Crippen LogP contribution is -2.47. The standard InChI is InChI=1S/C26H27ClF3N5O4S/c1-13(24(36)37)10-34-8-6-17-21(34)26(29,30)12-35(17)11-16-18(25(38)39-2)20(14-4-3-5-15(28)19(14)27)33-22(32-16)23-31-7-9-40-23/h3-5,7,9,13,17,20-21H,6,8,10-12H2,1-2H3,(H,32,33)(H,36,37)/t13-,17-,20-,21+/m0/s1. The van der Waals surface area contributed by atoms with Gasteiger partial charge in [-0.2, -0.15) is 0 Å². The van der Waals surface area contributed by atoms with E-state index in [1.165, 1.54) is 37.5 Å². The molecule has 3 aliphatic rings. The van der Waals surface area contributed by atoms with Gasteiger partial charge in [-0.3, -0.25) is 19.6 Å². The minimum atomic E-state index is -3.11. The average Bonchev–Trinajstić information content (AvgIpc) is 3.64. The number of amidine groups is 1. The molecule has 4 atom stereocenters. The Morgan fingerprint density at radius 2 is 2.12 bits per heavy atom. The lowest BCUT2D eigenvalue weighted by Gasteiger charge is -2.31. The number of aromatic nitrogens is 1. The molecule has 1 aromatic carbocycles. The minimum Gasteiger partial charge on any atom is -0.481 e. The number of thiazole rings is 1. The molecule has 40 heavy (non-hydrogen) atoms. The second-order valence-corrected chi connectivity index (χ2v) is 11.3. The van der Waals surface area contributed by atoms with E-state index in [0.29, 0.717) is 18.0 Å². The molecule has 2 fully saturated rings. The maximum atomic E-state index is 15.4. The monoisotopic (exact) mass is 597 g/mol. The first kappa shape index (κ1) is 28.5. The highest BCUT2D eigenvalue weighted by Gasteiger charge is 2.59. The molecule has 2 aromatic rings. The van der Waals surface area contributed by atoms with E-state index >= 15 is 8.78 Å². The number of aliphatic imine (C=N–C) groups is 1. The maximum absolute atomic E-state index is 15.4. The molecule has 3 aliphatic heterocycles. The van der Waals surface area contributed by atoms with E-state index in [-0.39, 0.29) is 40.8 Å². The van der Waals surface area contributed by atoms with Gasteiger partial charge in [0.15, 0.2) is 10.8 Å². The molecule has 1 aromatic heterocycles. The Morgan fingerprint density at radius 1 is 1.35 bits per heavy atom. The van der Waals surface area contributed by atoms with Crippen molar-refractivity contribution in [1.82, 2.24) is 20.1 Å². The van der Waals surface area contributed by atoms with Crippen LogP contribution in [0, 0.1) is 11.7 Å². The third-order valence-corrected chi connectivity index (χ3v) is 8.70. The molecule has 2 N–H and O–H groups in total. The fraction of sp³-hybridized carbons (Fsp3) is 0.462. The third kappa shape index (κ3) is 5.22. The first-order chi connectivity index (χ1) is 19.0. The molecule has 9 nitrogen and oxygen atoms in total. The third-order valence-electron chi connectivity index (χ3n) is 7.52. The predicted octanol–water partition coefficient (Wildman–Crippen LogP) is 3.57. The van der Waals surface area contributed by atoms with Crippen molar-refractivity contribution < 1.29 is 32.6 Å². The molecule has 0 amide bonds. The molecule has 4 heterocycles. The molecule has 14 heteroatoms. The van der Waals surface area contributed by atoms with Gasteiger partial charge in [0.2, 0.25) is 0 Å². The largest absolute Gasteiger partial charge is 0.481 e. The maximum Gasteiger partial charge on any atom is 0.338 e. The topological polar surface area (TPSA) is 107 Å². The Morgan fingerprint density at radius 3 is 2.80 bits per heavy atom. The van der Waals surface area contributed by atoms with E-state index in [1.54, 1.807) is 27.4 Å². The number of methoxy groups -OCH3 is 1. The minimum absolute atomic E-state index is 0.00921. The number of hydrogen-bond acceptors (Lipinski definition) is 9. The molecule has 2 saturated heterocycles. The van der Waals surface area contributed by atoms with Gasteiger partial charge in [-0.25, -0.2) is 22.9 Å². The van der Waals surface area contributed by atoms with Crippen molar-refractivity contribution in [2.75, 3.05) is 33.3 Å². The number of halogens is 4. The Labute approximate surface area is 237 Å². The molecule has 0 radical (unpaired) electrons. The lowest BCUT2D eigenvalue weighted by atomic mass is 9.95. The number of carbonyl (C=O) groups excluding carboxylic acids is 1. The Kier molecular flexibility index (Phi) is 7.92. The predicted molar refractivity (Wildman–Crippen MR) is 142 cm³/mol. The van der Waals surface area contributed by atoms with E-state index in [2.05, 4.69) is 15.3 Å². The highest BCUT2D eigenvalue weighted by molar-refractivity contribution is 7.11. The van der Waals surface area contributed by atoms with E-state index in [0.717, 1.165) is 0 Å². The fourth-order valence-corrected chi connectivity index (χ4v) is 6.56. The second-order valence-electron chi connectivity index (χ2n) is 10.1. The summed E-state index contributed by atoms with van der Waals surface area (Å²) in [5.41, 5.74) is 0.511. The van der Waals surface area contributed by atoms with Gasteiger partial charge in [0.25, 0.3) is 5.92 Å². The summed E-state index contributed by atoms with van der Waals surface area (Å²) >= 11 is 7.59. The van der Waals surface area contributed by atoms with Crippen LogP contribution >= 0.6 is 22.9 Å². The molecular weight excluding hydrogens is 571 g/mol. The molecule has 0 bridgehead atoms. The van der Waals surface area contributed by atoms with Gasteiger partial charge in [-0.15, -0.1) is 11.3 Å². The van der Waals surface area contributed by atoms with E-state index < -0.39 is 54.3 Å². The van der Waals surface area contributed by atoms with Crippen LogP contribution in [0.15, 0.2) is 46.0 Å². The van der Waals surface area contributed by atoms with Gasteiger partial charge in [0, 0.05) is 48.5 Å². The lowest BCUT2D eigenvalue weighted by molar-refractivity contribution is -0.142. The van der Waals surface area contributed by atoms with Crippen molar-refractivity contribution in [2.45, 2.75) is 37.4 Å². The number of carbonyl (C=O) groups is 2. The van der Waals surface area contributed by atoms with Crippen molar-refractivity contribution in [1.29, 1.82) is 0 Å². The van der Waals surface area contributed by atoms with Crippen molar-refractivity contribution in [3.8, 4) is 0 Å². The number of rotatable bonds is 8. The Hall–Kier alpha value is -3.00. The molecule has 0 aliphatic carbocycles. The molecule has 0 unspecified atom stereocenters. The number of carboxylic acids is 1. The van der Waals surface area contributed by atoms with Crippen molar-refractivity contribution >= 4 is 40.7 Å². The van der Waals surface area contributed by atoms with E-state index in [1.807, 2.05) is 0 Å². The molecule has 5 rings (SSSR count). The number of alkyl halides is 2. The number of esters is 1. The van der Waals surface area contributed by atoms with Gasteiger partial charge in [0.05, 0.1) is 36.2 Å². The number of aliphatic carboxylic acids is 1. The van der Waals surface area contributed by atoms with Crippen LogP contribution in [0.4, 0.5) is 13.2 Å². The summed E-state index contributed by atoms with van der Waals surface area (Å²) in [6, 6.07) is 1.35. The highest BCUT2D eigenvalue weighted by atomic mass is 35.5. The number of carboxylic acid groups (broad SMARTS) is 1. The highest BCUT2D eigenvalue weighted by Crippen LogP contribution is 2.43. The number of hydrogen-bond donors (Lipinski definition) is 2. The quantitative estimate of drug-likeness (QED) is 0.445. The van der Waals surface area contributed by atoms with Crippen LogP contribution in [0.2, 0.25) is 5.02 Å². The van der Waals surface area contributed by atoms with Gasteiger partial charge in [0.1, 0.15) is 11.9 Å². The first-order valence-corrected chi connectivity index (χ1v) is 13.9. The Bertz CT molecular complexity index is 1370. The van der Waals surface area contributed by atoms with Crippen LogP contribution in [0.5, 0.6) is 0 Å². The SMILES string of the molecule is COC(=O)C1=C(CN2CC(F)(F)[C@H]3[C@@H]2CCN3C[C@H](C)C(=O)O)NC(c2nccs2)=N[C@H]1c1cccc(F)c1Cl. The zero-order valence-electron chi connectivity index (χ0n) is 21.6. The number of nitrogens with one attached hydrogen (secondary N) is 1. The number of fused-ring (bicyclic) bond motifs is 1. The summed E-state index contributed by atoms with van der Waals surface area (Å²) in [6.45, 7) is 1.15. The van der Waals surface area contributed by atoms with Gasteiger partial charge >= 0.3 is 11.9 Å².